The van der Waals surface area contributed by atoms with Crippen molar-refractivity contribution in [3.05, 3.63) is 0 Å². The molecular formula is C7H12N2O4. The summed E-state index contributed by atoms with van der Waals surface area (Å²) >= 11 is 0. The van der Waals surface area contributed by atoms with Crippen LogP contribution < -0.4 is 5.32 Å². The van der Waals surface area contributed by atoms with E-state index in [1.807, 2.05) is 0 Å². The van der Waals surface area contributed by atoms with Gasteiger partial charge in [-0.3, -0.25) is 14.5 Å². The number of aliphatic carboxylic acids is 2. The van der Waals surface area contributed by atoms with Crippen molar-refractivity contribution in [3.63, 3.8) is 0 Å². The molecule has 3 N–H and O–H groups in total. The van der Waals surface area contributed by atoms with Gasteiger partial charge in [-0.2, -0.15) is 0 Å². The van der Waals surface area contributed by atoms with Crippen LogP contribution in [0.5, 0.6) is 0 Å². The van der Waals surface area contributed by atoms with Crippen molar-refractivity contribution in [2.75, 3.05) is 26.2 Å². The average molecular weight is 188 g/mol. The predicted molar refractivity (Wildman–Crippen MR) is 43.5 cm³/mol. The van der Waals surface area contributed by atoms with Gasteiger partial charge in [-0.25, -0.2) is 0 Å². The van der Waals surface area contributed by atoms with E-state index in [4.69, 9.17) is 10.2 Å². The molecule has 0 spiro atoms. The number of carboxylic acids is 2. The monoisotopic (exact) mass is 188 g/mol. The molecule has 1 atom stereocenters. The van der Waals surface area contributed by atoms with Crippen molar-refractivity contribution in [1.82, 2.24) is 10.2 Å². The molecule has 1 unspecified atom stereocenters. The lowest BCUT2D eigenvalue weighted by Crippen LogP contribution is -2.56. The summed E-state index contributed by atoms with van der Waals surface area (Å²) in [7, 11) is 0. The van der Waals surface area contributed by atoms with Crippen molar-refractivity contribution in [1.29, 1.82) is 0 Å². The number of carbonyl (C=O) groups is 2. The van der Waals surface area contributed by atoms with Crippen molar-refractivity contribution in [2.45, 2.75) is 6.04 Å². The highest BCUT2D eigenvalue weighted by Crippen LogP contribution is 2.02. The number of rotatable bonds is 3. The van der Waals surface area contributed by atoms with E-state index in [0.717, 1.165) is 0 Å². The van der Waals surface area contributed by atoms with Crippen LogP contribution in [0.25, 0.3) is 0 Å². The fraction of sp³-hybridized carbons (Fsp3) is 0.714. The van der Waals surface area contributed by atoms with E-state index >= 15 is 0 Å². The lowest BCUT2D eigenvalue weighted by atomic mass is 10.2. The molecule has 0 aromatic carbocycles. The van der Waals surface area contributed by atoms with Crippen molar-refractivity contribution in [3.8, 4) is 0 Å². The third-order valence-corrected chi connectivity index (χ3v) is 1.98. The van der Waals surface area contributed by atoms with E-state index in [1.54, 1.807) is 0 Å². The van der Waals surface area contributed by atoms with E-state index in [-0.39, 0.29) is 6.54 Å². The summed E-state index contributed by atoms with van der Waals surface area (Å²) in [6, 6.07) is -0.718. The average Bonchev–Trinajstić information content (AvgIpc) is 2.03. The molecule has 0 radical (unpaired) electrons. The van der Waals surface area contributed by atoms with Crippen LogP contribution in [-0.4, -0.2) is 59.3 Å². The van der Waals surface area contributed by atoms with Gasteiger partial charge in [-0.05, 0) is 0 Å². The Morgan fingerprint density at radius 1 is 1.46 bits per heavy atom. The molecule has 0 amide bonds. The summed E-state index contributed by atoms with van der Waals surface area (Å²) < 4.78 is 0. The molecule has 1 saturated heterocycles. The third kappa shape index (κ3) is 2.67. The van der Waals surface area contributed by atoms with Crippen molar-refractivity contribution < 1.29 is 19.8 Å². The Morgan fingerprint density at radius 3 is 2.69 bits per heavy atom. The molecule has 1 heterocycles. The van der Waals surface area contributed by atoms with Gasteiger partial charge in [0.15, 0.2) is 0 Å². The maximum Gasteiger partial charge on any atom is 0.322 e. The van der Waals surface area contributed by atoms with Gasteiger partial charge in [0.25, 0.3) is 0 Å². The van der Waals surface area contributed by atoms with E-state index in [1.165, 1.54) is 4.90 Å². The number of hydrogen-bond acceptors (Lipinski definition) is 4. The summed E-state index contributed by atoms with van der Waals surface area (Å²) in [5.41, 5.74) is 0. The normalized spacial score (nSPS) is 24.2. The molecule has 1 aliphatic rings. The Hall–Kier alpha value is -1.14. The molecule has 13 heavy (non-hydrogen) atoms. The van der Waals surface area contributed by atoms with Gasteiger partial charge >= 0.3 is 11.9 Å². The highest BCUT2D eigenvalue weighted by molar-refractivity contribution is 5.76. The largest absolute Gasteiger partial charge is 0.480 e. The molecule has 0 bridgehead atoms. The van der Waals surface area contributed by atoms with Gasteiger partial charge in [0.05, 0.1) is 6.54 Å². The van der Waals surface area contributed by atoms with Crippen LogP contribution in [-0.2, 0) is 9.59 Å². The van der Waals surface area contributed by atoms with Crippen molar-refractivity contribution >= 4 is 11.9 Å². The second kappa shape index (κ2) is 4.20. The molecule has 0 aromatic rings. The van der Waals surface area contributed by atoms with Crippen LogP contribution in [0.15, 0.2) is 0 Å². The lowest BCUT2D eigenvalue weighted by molar-refractivity contribution is -0.146. The van der Waals surface area contributed by atoms with Gasteiger partial charge in [0, 0.05) is 19.6 Å². The minimum absolute atomic E-state index is 0.210. The van der Waals surface area contributed by atoms with E-state index in [9.17, 15) is 9.59 Å². The number of nitrogens with one attached hydrogen (secondary N) is 1. The Bertz CT molecular complexity index is 219. The Morgan fingerprint density at radius 2 is 2.15 bits per heavy atom. The first-order chi connectivity index (χ1) is 6.11. The van der Waals surface area contributed by atoms with Gasteiger partial charge < -0.3 is 15.5 Å². The van der Waals surface area contributed by atoms with Crippen LogP contribution in [0, 0.1) is 0 Å². The zero-order valence-corrected chi connectivity index (χ0v) is 7.06. The molecule has 1 rings (SSSR count). The topological polar surface area (TPSA) is 89.9 Å². The minimum atomic E-state index is -0.992. The number of nitrogens with zero attached hydrogens (tertiary/aromatic N) is 1. The van der Waals surface area contributed by atoms with Crippen LogP contribution in [0.2, 0.25) is 0 Å². The van der Waals surface area contributed by atoms with Gasteiger partial charge in [-0.15, -0.1) is 0 Å². The van der Waals surface area contributed by atoms with Gasteiger partial charge in [0.1, 0.15) is 6.04 Å². The summed E-state index contributed by atoms with van der Waals surface area (Å²) in [5, 5.41) is 20.2. The van der Waals surface area contributed by atoms with Gasteiger partial charge in [-0.1, -0.05) is 0 Å². The molecule has 6 heteroatoms. The van der Waals surface area contributed by atoms with Gasteiger partial charge in [0.2, 0.25) is 0 Å². The van der Waals surface area contributed by atoms with Crippen molar-refractivity contribution in [2.24, 2.45) is 0 Å². The van der Waals surface area contributed by atoms with Crippen LogP contribution in [0.1, 0.15) is 0 Å². The first kappa shape index (κ1) is 9.94. The van der Waals surface area contributed by atoms with Crippen LogP contribution in [0.4, 0.5) is 0 Å². The minimum Gasteiger partial charge on any atom is -0.480 e. The molecule has 0 saturated carbocycles. The molecule has 74 valence electrons. The number of piperazine rings is 1. The summed E-state index contributed by atoms with van der Waals surface area (Å²) in [4.78, 5) is 22.5. The molecule has 0 aliphatic carbocycles. The molecule has 1 aliphatic heterocycles. The fourth-order valence-electron chi connectivity index (χ4n) is 1.35. The van der Waals surface area contributed by atoms with E-state index < -0.39 is 18.0 Å². The predicted octanol–water partition coefficient (Wildman–Crippen LogP) is -1.57. The standard InChI is InChI=1S/C7H12N2O4/c10-6(11)4-9-2-1-8-3-5(9)7(12)13/h5,8H,1-4H2,(H,10,11)(H,12,13). The quantitative estimate of drug-likeness (QED) is 0.495. The smallest absolute Gasteiger partial charge is 0.322 e. The second-order valence-corrected chi connectivity index (χ2v) is 2.92. The fourth-order valence-corrected chi connectivity index (χ4v) is 1.35. The van der Waals surface area contributed by atoms with Crippen LogP contribution in [0.3, 0.4) is 0 Å². The van der Waals surface area contributed by atoms with Crippen LogP contribution >= 0.6 is 0 Å². The first-order valence-corrected chi connectivity index (χ1v) is 4.00. The first-order valence-electron chi connectivity index (χ1n) is 4.00. The maximum absolute atomic E-state index is 10.7. The summed E-state index contributed by atoms with van der Waals surface area (Å²) in [6.45, 7) is 1.20. The Kier molecular flexibility index (Phi) is 3.21. The molecule has 1 fully saturated rings. The Balaban J connectivity index is 2.56. The highest BCUT2D eigenvalue weighted by atomic mass is 16.4. The zero-order valence-electron chi connectivity index (χ0n) is 7.06. The number of hydrogen-bond donors (Lipinski definition) is 3. The lowest BCUT2D eigenvalue weighted by Gasteiger charge is -2.31. The zero-order chi connectivity index (χ0) is 9.84. The third-order valence-electron chi connectivity index (χ3n) is 1.98. The summed E-state index contributed by atoms with van der Waals surface area (Å²) in [5.74, 6) is -1.97. The SMILES string of the molecule is O=C(O)CN1CCNCC1C(=O)O. The summed E-state index contributed by atoms with van der Waals surface area (Å²) in [6.07, 6.45) is 0. The van der Waals surface area contributed by atoms with E-state index in [2.05, 4.69) is 5.32 Å². The molecule has 0 aromatic heterocycles. The van der Waals surface area contributed by atoms with E-state index in [0.29, 0.717) is 19.6 Å². The number of carboxylic acid groups (broad SMARTS) is 2. The molecular weight excluding hydrogens is 176 g/mol. The molecule has 6 nitrogen and oxygen atoms in total. The maximum atomic E-state index is 10.7. The second-order valence-electron chi connectivity index (χ2n) is 2.92. The highest BCUT2D eigenvalue weighted by Gasteiger charge is 2.29. The Labute approximate surface area is 75.1 Å².